The third-order valence-corrected chi connectivity index (χ3v) is 6.91. The summed E-state index contributed by atoms with van der Waals surface area (Å²) in [5.41, 5.74) is 0. The summed E-state index contributed by atoms with van der Waals surface area (Å²) in [7, 11) is -4.04. The van der Waals surface area contributed by atoms with Crippen molar-refractivity contribution in [1.82, 2.24) is 4.72 Å². The molecule has 1 aliphatic heterocycles. The van der Waals surface area contributed by atoms with E-state index in [-0.39, 0.29) is 16.3 Å². The van der Waals surface area contributed by atoms with Crippen LogP contribution in [-0.2, 0) is 14.8 Å². The van der Waals surface area contributed by atoms with E-state index in [9.17, 15) is 13.2 Å². The van der Waals surface area contributed by atoms with E-state index in [1.54, 1.807) is 0 Å². The van der Waals surface area contributed by atoms with Gasteiger partial charge in [0.25, 0.3) is 10.0 Å². The van der Waals surface area contributed by atoms with Crippen molar-refractivity contribution in [3.63, 3.8) is 0 Å². The van der Waals surface area contributed by atoms with Crippen molar-refractivity contribution in [3.8, 4) is 11.5 Å². The summed E-state index contributed by atoms with van der Waals surface area (Å²) >= 11 is 6.06. The number of sulfonamides is 1. The highest BCUT2D eigenvalue weighted by Gasteiger charge is 2.48. The number of amides is 1. The van der Waals surface area contributed by atoms with Crippen LogP contribution in [0, 0.1) is 17.8 Å². The molecule has 2 fully saturated rings. The zero-order valence-electron chi connectivity index (χ0n) is 13.0. The predicted molar refractivity (Wildman–Crippen MR) is 86.7 cm³/mol. The number of rotatable bonds is 4. The third-order valence-electron chi connectivity index (χ3n) is 5.07. The van der Waals surface area contributed by atoms with Gasteiger partial charge in [-0.2, -0.15) is 0 Å². The highest BCUT2D eigenvalue weighted by atomic mass is 35.5. The summed E-state index contributed by atoms with van der Waals surface area (Å²) < 4.78 is 37.9. The maximum absolute atomic E-state index is 12.5. The largest absolute Gasteiger partial charge is 0.486 e. The van der Waals surface area contributed by atoms with Crippen molar-refractivity contribution in [2.75, 3.05) is 13.2 Å². The predicted octanol–water partition coefficient (Wildman–Crippen LogP) is 2.35. The molecule has 0 spiro atoms. The first-order valence-electron chi connectivity index (χ1n) is 8.09. The van der Waals surface area contributed by atoms with Gasteiger partial charge in [-0.05, 0) is 37.0 Å². The van der Waals surface area contributed by atoms with Gasteiger partial charge in [-0.25, -0.2) is 13.1 Å². The molecular weight excluding hydrogens is 354 g/mol. The van der Waals surface area contributed by atoms with Crippen LogP contribution in [0.15, 0.2) is 17.0 Å². The number of carbonyl (C=O) groups excluding carboxylic acids is 1. The van der Waals surface area contributed by atoms with Crippen LogP contribution in [0.1, 0.15) is 25.7 Å². The number of carbonyl (C=O) groups is 1. The van der Waals surface area contributed by atoms with Crippen LogP contribution < -0.4 is 14.2 Å². The second-order valence-corrected chi connectivity index (χ2v) is 8.71. The summed E-state index contributed by atoms with van der Waals surface area (Å²) in [5, 5.41) is 0.00248. The number of nitrogens with one attached hydrogen (secondary N) is 1. The Morgan fingerprint density at radius 3 is 2.54 bits per heavy atom. The van der Waals surface area contributed by atoms with Crippen molar-refractivity contribution in [2.45, 2.75) is 30.6 Å². The van der Waals surface area contributed by atoms with E-state index in [4.69, 9.17) is 21.1 Å². The minimum atomic E-state index is -4.04. The smallest absolute Gasteiger partial charge is 0.265 e. The Morgan fingerprint density at radius 1 is 1.21 bits per heavy atom. The van der Waals surface area contributed by atoms with Gasteiger partial charge >= 0.3 is 0 Å². The van der Waals surface area contributed by atoms with Gasteiger partial charge in [0.1, 0.15) is 18.1 Å². The molecule has 8 heteroatoms. The Bertz CT molecular complexity index is 794. The minimum absolute atomic E-state index is 0.00248. The van der Waals surface area contributed by atoms with Crippen LogP contribution in [0.2, 0.25) is 5.02 Å². The molecule has 6 nitrogen and oxygen atoms in total. The summed E-state index contributed by atoms with van der Waals surface area (Å²) in [6.45, 7) is 0.723. The number of fused-ring (bicyclic) bond motifs is 2. The number of halogens is 1. The van der Waals surface area contributed by atoms with Gasteiger partial charge in [-0.3, -0.25) is 4.79 Å². The maximum atomic E-state index is 12.5. The highest BCUT2D eigenvalue weighted by molar-refractivity contribution is 7.90. The SMILES string of the molecule is O=C(CC1CCC2CC12)NS(=O)(=O)c1cc2c(cc1Cl)OCCO2. The van der Waals surface area contributed by atoms with Crippen molar-refractivity contribution in [2.24, 2.45) is 17.8 Å². The molecule has 2 saturated carbocycles. The van der Waals surface area contributed by atoms with E-state index >= 15 is 0 Å². The lowest BCUT2D eigenvalue weighted by Gasteiger charge is -2.20. The summed E-state index contributed by atoms with van der Waals surface area (Å²) in [6.07, 6.45) is 3.60. The second kappa shape index (κ2) is 5.81. The quantitative estimate of drug-likeness (QED) is 0.878. The van der Waals surface area contributed by atoms with Crippen molar-refractivity contribution in [1.29, 1.82) is 0 Å². The highest BCUT2D eigenvalue weighted by Crippen LogP contribution is 2.56. The monoisotopic (exact) mass is 371 g/mol. The molecule has 0 saturated heterocycles. The molecule has 1 aromatic carbocycles. The topological polar surface area (TPSA) is 81.7 Å². The van der Waals surface area contributed by atoms with Crippen molar-refractivity contribution in [3.05, 3.63) is 17.2 Å². The third kappa shape index (κ3) is 2.95. The van der Waals surface area contributed by atoms with Gasteiger partial charge in [-0.1, -0.05) is 11.6 Å². The number of hydrogen-bond donors (Lipinski definition) is 1. The average Bonchev–Trinajstić information content (AvgIpc) is 3.21. The van der Waals surface area contributed by atoms with E-state index in [0.717, 1.165) is 18.8 Å². The molecule has 2 aliphatic carbocycles. The Kier molecular flexibility index (Phi) is 3.88. The maximum Gasteiger partial charge on any atom is 0.265 e. The first-order valence-corrected chi connectivity index (χ1v) is 9.95. The van der Waals surface area contributed by atoms with Gasteiger partial charge in [0, 0.05) is 18.6 Å². The van der Waals surface area contributed by atoms with Crippen molar-refractivity contribution < 1.29 is 22.7 Å². The first kappa shape index (κ1) is 16.0. The Balaban J connectivity index is 1.50. The van der Waals surface area contributed by atoms with Crippen LogP contribution in [0.25, 0.3) is 0 Å². The molecule has 0 aromatic heterocycles. The molecule has 1 amide bonds. The summed E-state index contributed by atoms with van der Waals surface area (Å²) in [6, 6.07) is 2.71. The van der Waals surface area contributed by atoms with Gasteiger partial charge < -0.3 is 9.47 Å². The average molecular weight is 372 g/mol. The van der Waals surface area contributed by atoms with E-state index < -0.39 is 15.9 Å². The van der Waals surface area contributed by atoms with Gasteiger partial charge in [0.15, 0.2) is 11.5 Å². The number of benzene rings is 1. The number of ether oxygens (including phenoxy) is 2. The van der Waals surface area contributed by atoms with E-state index in [0.29, 0.717) is 36.5 Å². The zero-order chi connectivity index (χ0) is 16.9. The minimum Gasteiger partial charge on any atom is -0.486 e. The molecule has 130 valence electrons. The Labute approximate surface area is 145 Å². The molecule has 1 N–H and O–H groups in total. The summed E-state index contributed by atoms with van der Waals surface area (Å²) in [5.74, 6) is 1.92. The molecule has 3 atom stereocenters. The fourth-order valence-corrected chi connectivity index (χ4v) is 5.34. The standard InChI is InChI=1S/C16H18ClNO5S/c17-12-7-13-14(23-4-3-22-13)8-15(12)24(20,21)18-16(19)6-10-2-1-9-5-11(9)10/h7-11H,1-6H2,(H,18,19). The number of hydrogen-bond acceptors (Lipinski definition) is 5. The van der Waals surface area contributed by atoms with Crippen LogP contribution in [-0.4, -0.2) is 27.5 Å². The second-order valence-electron chi connectivity index (χ2n) is 6.66. The van der Waals surface area contributed by atoms with Crippen LogP contribution >= 0.6 is 11.6 Å². The molecule has 1 heterocycles. The fraction of sp³-hybridized carbons (Fsp3) is 0.562. The van der Waals surface area contributed by atoms with Crippen LogP contribution in [0.5, 0.6) is 11.5 Å². The van der Waals surface area contributed by atoms with E-state index in [1.807, 2.05) is 0 Å². The van der Waals surface area contributed by atoms with Gasteiger partial charge in [0.2, 0.25) is 5.91 Å². The van der Waals surface area contributed by atoms with Crippen molar-refractivity contribution >= 4 is 27.5 Å². The molecule has 0 bridgehead atoms. The lowest BCUT2D eigenvalue weighted by atomic mass is 9.99. The normalized spacial score (nSPS) is 27.5. The molecule has 3 unspecified atom stereocenters. The molecule has 3 aliphatic rings. The summed E-state index contributed by atoms with van der Waals surface area (Å²) in [4.78, 5) is 12.0. The van der Waals surface area contributed by atoms with Crippen LogP contribution in [0.4, 0.5) is 0 Å². The van der Waals surface area contributed by atoms with Crippen LogP contribution in [0.3, 0.4) is 0 Å². The zero-order valence-corrected chi connectivity index (χ0v) is 14.5. The Morgan fingerprint density at radius 2 is 1.92 bits per heavy atom. The molecular formula is C16H18ClNO5S. The Hall–Kier alpha value is -1.47. The first-order chi connectivity index (χ1) is 11.4. The lowest BCUT2D eigenvalue weighted by molar-refractivity contribution is -0.120. The van der Waals surface area contributed by atoms with E-state index in [1.165, 1.54) is 18.6 Å². The lowest BCUT2D eigenvalue weighted by Crippen LogP contribution is -2.32. The molecule has 1 aromatic rings. The van der Waals surface area contributed by atoms with Gasteiger partial charge in [0.05, 0.1) is 5.02 Å². The fourth-order valence-electron chi connectivity index (χ4n) is 3.81. The molecule has 4 rings (SSSR count). The van der Waals surface area contributed by atoms with Gasteiger partial charge in [-0.15, -0.1) is 0 Å². The van der Waals surface area contributed by atoms with E-state index in [2.05, 4.69) is 4.72 Å². The molecule has 0 radical (unpaired) electrons. The molecule has 24 heavy (non-hydrogen) atoms.